The standard InChI is InChI=1S/C32H46N4O9S/c1-21-28(46-20-34-21)23-7-5-22(6-8-23)18-33-30(41)25-17-24(37)19-36(25)31(42)29(32(2,3)4)35-26(38)9-11-43-13-15-45-16-14-44-12-10-27(39)40/h5-8,20,24-25,29,37H,9-19H2,1-4H3,(H,33,41)(H,35,38)(H,39,40). The van der Waals surface area contributed by atoms with Gasteiger partial charge in [-0.15, -0.1) is 11.3 Å². The van der Waals surface area contributed by atoms with E-state index in [1.807, 2.05) is 52.0 Å². The number of rotatable bonds is 18. The normalized spacial score (nSPS) is 17.1. The van der Waals surface area contributed by atoms with E-state index in [9.17, 15) is 24.3 Å². The van der Waals surface area contributed by atoms with E-state index in [0.717, 1.165) is 21.7 Å². The average Bonchev–Trinajstić information content (AvgIpc) is 3.61. The van der Waals surface area contributed by atoms with Gasteiger partial charge in [0.15, 0.2) is 0 Å². The monoisotopic (exact) mass is 662 g/mol. The first-order valence-electron chi connectivity index (χ1n) is 15.4. The lowest BCUT2D eigenvalue weighted by Crippen LogP contribution is -2.57. The molecule has 4 N–H and O–H groups in total. The summed E-state index contributed by atoms with van der Waals surface area (Å²) in [6.07, 6.45) is -0.791. The molecule has 254 valence electrons. The number of aliphatic hydroxyl groups excluding tert-OH is 1. The second-order valence-corrected chi connectivity index (χ2v) is 13.0. The van der Waals surface area contributed by atoms with Crippen molar-refractivity contribution in [1.82, 2.24) is 20.5 Å². The summed E-state index contributed by atoms with van der Waals surface area (Å²) in [6.45, 7) is 9.05. The van der Waals surface area contributed by atoms with Crippen molar-refractivity contribution in [3.05, 3.63) is 41.0 Å². The number of ether oxygens (including phenoxy) is 3. The van der Waals surface area contributed by atoms with E-state index in [2.05, 4.69) is 15.6 Å². The second-order valence-electron chi connectivity index (χ2n) is 12.2. The Kier molecular flexibility index (Phi) is 14.5. The highest BCUT2D eigenvalue weighted by Crippen LogP contribution is 2.28. The number of β-amino-alcohol motifs (C(OH)–C–C–N with tert-alkyl or cyclic N) is 1. The van der Waals surface area contributed by atoms with E-state index in [4.69, 9.17) is 19.3 Å². The highest BCUT2D eigenvalue weighted by atomic mass is 32.1. The van der Waals surface area contributed by atoms with Crippen molar-refractivity contribution in [2.45, 2.75) is 71.7 Å². The van der Waals surface area contributed by atoms with Crippen molar-refractivity contribution in [2.75, 3.05) is 46.2 Å². The third kappa shape index (κ3) is 11.7. The molecule has 1 fully saturated rings. The maximum Gasteiger partial charge on any atom is 0.305 e. The molecule has 2 aromatic rings. The molecule has 1 aliphatic heterocycles. The molecule has 1 aromatic heterocycles. The molecule has 0 spiro atoms. The molecule has 0 saturated carbocycles. The van der Waals surface area contributed by atoms with Crippen LogP contribution in [-0.4, -0.2) is 108 Å². The molecule has 3 unspecified atom stereocenters. The van der Waals surface area contributed by atoms with Crippen molar-refractivity contribution in [2.24, 2.45) is 5.41 Å². The molecule has 46 heavy (non-hydrogen) atoms. The summed E-state index contributed by atoms with van der Waals surface area (Å²) in [5, 5.41) is 24.7. The van der Waals surface area contributed by atoms with Crippen LogP contribution in [-0.2, 0) is 39.9 Å². The highest BCUT2D eigenvalue weighted by Gasteiger charge is 2.44. The highest BCUT2D eigenvalue weighted by molar-refractivity contribution is 7.13. The number of benzene rings is 1. The number of carbonyl (C=O) groups excluding carboxylic acids is 3. The fourth-order valence-corrected chi connectivity index (χ4v) is 5.69. The zero-order valence-electron chi connectivity index (χ0n) is 27.0. The van der Waals surface area contributed by atoms with Gasteiger partial charge < -0.3 is 40.0 Å². The Hall–Kier alpha value is -3.43. The number of aliphatic carboxylic acids is 1. The number of carboxylic acid groups (broad SMARTS) is 1. The molecule has 3 atom stereocenters. The number of likely N-dealkylation sites (tertiary alicyclic amines) is 1. The van der Waals surface area contributed by atoms with Crippen molar-refractivity contribution in [3.63, 3.8) is 0 Å². The minimum absolute atomic E-state index is 0.00399. The van der Waals surface area contributed by atoms with Crippen molar-refractivity contribution < 1.29 is 43.6 Å². The number of nitrogens with zero attached hydrogens (tertiary/aromatic N) is 2. The zero-order valence-corrected chi connectivity index (χ0v) is 27.8. The Morgan fingerprint density at radius 2 is 1.61 bits per heavy atom. The number of carbonyl (C=O) groups is 4. The number of nitrogens with one attached hydrogen (secondary N) is 2. The third-order valence-corrected chi connectivity index (χ3v) is 8.37. The van der Waals surface area contributed by atoms with Crippen molar-refractivity contribution >= 4 is 35.0 Å². The number of aromatic nitrogens is 1. The van der Waals surface area contributed by atoms with E-state index in [0.29, 0.717) is 6.61 Å². The van der Waals surface area contributed by atoms with Crippen LogP contribution < -0.4 is 10.6 Å². The van der Waals surface area contributed by atoms with Crippen LogP contribution in [0.1, 0.15) is 51.3 Å². The Bertz CT molecular complexity index is 1300. The van der Waals surface area contributed by atoms with Gasteiger partial charge in [-0.3, -0.25) is 19.2 Å². The number of thiazole rings is 1. The number of carboxylic acids is 1. The van der Waals surface area contributed by atoms with E-state index < -0.39 is 35.5 Å². The quantitative estimate of drug-likeness (QED) is 0.173. The molecule has 0 radical (unpaired) electrons. The van der Waals surface area contributed by atoms with Crippen LogP contribution in [0.5, 0.6) is 0 Å². The zero-order chi connectivity index (χ0) is 33.7. The van der Waals surface area contributed by atoms with Gasteiger partial charge in [0.25, 0.3) is 0 Å². The Balaban J connectivity index is 1.45. The van der Waals surface area contributed by atoms with Crippen LogP contribution in [0.25, 0.3) is 10.4 Å². The first-order chi connectivity index (χ1) is 21.9. The summed E-state index contributed by atoms with van der Waals surface area (Å²) >= 11 is 1.57. The van der Waals surface area contributed by atoms with Gasteiger partial charge in [-0.1, -0.05) is 45.0 Å². The molecule has 1 aliphatic rings. The molecule has 14 heteroatoms. The van der Waals surface area contributed by atoms with Gasteiger partial charge in [0.2, 0.25) is 17.7 Å². The second kappa shape index (κ2) is 18.0. The molecule has 1 saturated heterocycles. The first-order valence-corrected chi connectivity index (χ1v) is 16.2. The molecule has 3 amide bonds. The predicted octanol–water partition coefficient (Wildman–Crippen LogP) is 2.14. The summed E-state index contributed by atoms with van der Waals surface area (Å²) < 4.78 is 15.9. The molecular formula is C32H46N4O9S. The van der Waals surface area contributed by atoms with Gasteiger partial charge in [0.05, 0.1) is 68.2 Å². The van der Waals surface area contributed by atoms with Crippen molar-refractivity contribution in [3.8, 4) is 10.4 Å². The summed E-state index contributed by atoms with van der Waals surface area (Å²) in [5.74, 6) is -2.09. The smallest absolute Gasteiger partial charge is 0.305 e. The fraction of sp³-hybridized carbons (Fsp3) is 0.594. The van der Waals surface area contributed by atoms with Gasteiger partial charge in [-0.05, 0) is 23.5 Å². The molecule has 3 rings (SSSR count). The maximum atomic E-state index is 13.7. The molecule has 13 nitrogen and oxygen atoms in total. The van der Waals surface area contributed by atoms with Gasteiger partial charge >= 0.3 is 5.97 Å². The van der Waals surface area contributed by atoms with Gasteiger partial charge in [0.1, 0.15) is 12.1 Å². The SMILES string of the molecule is Cc1ncsc1-c1ccc(CNC(=O)C2CC(O)CN2C(=O)C(NC(=O)CCOCCOCCOCCC(=O)O)C(C)(C)C)cc1. The fourth-order valence-electron chi connectivity index (χ4n) is 4.88. The van der Waals surface area contributed by atoms with Crippen LogP contribution in [0.4, 0.5) is 0 Å². The molecule has 0 bridgehead atoms. The predicted molar refractivity (Wildman–Crippen MR) is 171 cm³/mol. The Labute approximate surface area is 273 Å². The molecule has 1 aromatic carbocycles. The molecular weight excluding hydrogens is 616 g/mol. The van der Waals surface area contributed by atoms with E-state index in [1.54, 1.807) is 16.8 Å². The van der Waals surface area contributed by atoms with E-state index in [1.165, 1.54) is 4.90 Å². The Morgan fingerprint density at radius 1 is 1.00 bits per heavy atom. The van der Waals surface area contributed by atoms with E-state index >= 15 is 0 Å². The van der Waals surface area contributed by atoms with Crippen LogP contribution >= 0.6 is 11.3 Å². The van der Waals surface area contributed by atoms with Crippen LogP contribution in [0, 0.1) is 12.3 Å². The summed E-state index contributed by atoms with van der Waals surface area (Å²) in [4.78, 5) is 57.0. The number of aryl methyl sites for hydroxylation is 1. The number of hydrogen-bond acceptors (Lipinski definition) is 10. The summed E-state index contributed by atoms with van der Waals surface area (Å²) in [7, 11) is 0. The van der Waals surface area contributed by atoms with E-state index in [-0.39, 0.29) is 77.2 Å². The minimum atomic E-state index is -0.923. The van der Waals surface area contributed by atoms with Crippen LogP contribution in [0.15, 0.2) is 29.8 Å². The number of aliphatic hydroxyl groups is 1. The van der Waals surface area contributed by atoms with Gasteiger partial charge in [0, 0.05) is 25.9 Å². The lowest BCUT2D eigenvalue weighted by Gasteiger charge is -2.35. The maximum absolute atomic E-state index is 13.7. The lowest BCUT2D eigenvalue weighted by molar-refractivity contribution is -0.144. The molecule has 2 heterocycles. The van der Waals surface area contributed by atoms with Gasteiger partial charge in [-0.2, -0.15) is 0 Å². The molecule has 0 aliphatic carbocycles. The minimum Gasteiger partial charge on any atom is -0.481 e. The van der Waals surface area contributed by atoms with Gasteiger partial charge in [-0.25, -0.2) is 4.98 Å². The van der Waals surface area contributed by atoms with Crippen LogP contribution in [0.3, 0.4) is 0 Å². The Morgan fingerprint density at radius 3 is 2.17 bits per heavy atom. The van der Waals surface area contributed by atoms with Crippen LogP contribution in [0.2, 0.25) is 0 Å². The largest absolute Gasteiger partial charge is 0.481 e. The summed E-state index contributed by atoms with van der Waals surface area (Å²) in [5.41, 5.74) is 4.05. The number of hydrogen-bond donors (Lipinski definition) is 4. The number of amides is 3. The third-order valence-electron chi connectivity index (χ3n) is 7.39. The topological polar surface area (TPSA) is 177 Å². The van der Waals surface area contributed by atoms with Crippen molar-refractivity contribution in [1.29, 1.82) is 0 Å². The first kappa shape index (κ1) is 37.0. The lowest BCUT2D eigenvalue weighted by atomic mass is 9.85. The summed E-state index contributed by atoms with van der Waals surface area (Å²) in [6, 6.07) is 6.05. The average molecular weight is 663 g/mol.